The smallest absolute Gasteiger partial charge is 0.237 e. The number of hydrogen-bond acceptors (Lipinski definition) is 3. The summed E-state index contributed by atoms with van der Waals surface area (Å²) < 4.78 is 0. The van der Waals surface area contributed by atoms with Gasteiger partial charge in [0.2, 0.25) is 5.91 Å². The standard InChI is InChI=1S/C14H20N2O2/c1-2-12(9-17)16-14(18)13-7-10-5-3-4-6-11(10)8-15-13/h3-6,12-13,15,17H,2,7-9H2,1H3,(H,16,18)/t12?,13-/m1/s1. The van der Waals surface area contributed by atoms with Gasteiger partial charge in [-0.15, -0.1) is 0 Å². The van der Waals surface area contributed by atoms with Crippen LogP contribution < -0.4 is 10.6 Å². The molecule has 18 heavy (non-hydrogen) atoms. The van der Waals surface area contributed by atoms with Gasteiger partial charge in [-0.05, 0) is 24.0 Å². The molecule has 0 spiro atoms. The number of carbonyl (C=O) groups is 1. The lowest BCUT2D eigenvalue weighted by Crippen LogP contribution is -2.51. The predicted molar refractivity (Wildman–Crippen MR) is 70.1 cm³/mol. The van der Waals surface area contributed by atoms with Crippen LogP contribution in [-0.2, 0) is 17.8 Å². The average Bonchev–Trinajstić information content (AvgIpc) is 2.44. The molecule has 0 bridgehead atoms. The molecular formula is C14H20N2O2. The molecule has 0 aliphatic carbocycles. The van der Waals surface area contributed by atoms with Gasteiger partial charge in [-0.25, -0.2) is 0 Å². The van der Waals surface area contributed by atoms with Crippen molar-refractivity contribution in [3.8, 4) is 0 Å². The molecule has 1 aliphatic rings. The Bertz CT molecular complexity index is 416. The van der Waals surface area contributed by atoms with E-state index in [0.29, 0.717) is 6.42 Å². The van der Waals surface area contributed by atoms with E-state index < -0.39 is 0 Å². The highest BCUT2D eigenvalue weighted by atomic mass is 16.3. The fourth-order valence-corrected chi connectivity index (χ4v) is 2.22. The van der Waals surface area contributed by atoms with Gasteiger partial charge in [-0.1, -0.05) is 31.2 Å². The average molecular weight is 248 g/mol. The van der Waals surface area contributed by atoms with Crippen LogP contribution in [0.25, 0.3) is 0 Å². The summed E-state index contributed by atoms with van der Waals surface area (Å²) in [6.45, 7) is 2.67. The molecule has 0 fully saturated rings. The van der Waals surface area contributed by atoms with Gasteiger partial charge in [0.25, 0.3) is 0 Å². The van der Waals surface area contributed by atoms with E-state index in [1.807, 2.05) is 19.1 Å². The van der Waals surface area contributed by atoms with Crippen molar-refractivity contribution in [3.05, 3.63) is 35.4 Å². The highest BCUT2D eigenvalue weighted by molar-refractivity contribution is 5.82. The minimum absolute atomic E-state index is 0.00839. The first-order valence-corrected chi connectivity index (χ1v) is 6.46. The van der Waals surface area contributed by atoms with Gasteiger partial charge in [0, 0.05) is 6.54 Å². The number of aliphatic hydroxyl groups excluding tert-OH is 1. The zero-order valence-electron chi connectivity index (χ0n) is 10.6. The van der Waals surface area contributed by atoms with Crippen LogP contribution in [0.2, 0.25) is 0 Å². The summed E-state index contributed by atoms with van der Waals surface area (Å²) in [5.74, 6) is -0.0228. The van der Waals surface area contributed by atoms with Crippen molar-refractivity contribution in [2.75, 3.05) is 6.61 Å². The first-order valence-electron chi connectivity index (χ1n) is 6.46. The Balaban J connectivity index is 1.98. The number of amides is 1. The van der Waals surface area contributed by atoms with Gasteiger partial charge in [0.1, 0.15) is 0 Å². The van der Waals surface area contributed by atoms with Crippen LogP contribution in [0.4, 0.5) is 0 Å². The molecular weight excluding hydrogens is 228 g/mol. The van der Waals surface area contributed by atoms with Gasteiger partial charge >= 0.3 is 0 Å². The predicted octanol–water partition coefficient (Wildman–Crippen LogP) is 0.588. The molecule has 2 rings (SSSR count). The molecule has 1 unspecified atom stereocenters. The molecule has 98 valence electrons. The van der Waals surface area contributed by atoms with Crippen LogP contribution in [0.3, 0.4) is 0 Å². The van der Waals surface area contributed by atoms with E-state index in [-0.39, 0.29) is 24.6 Å². The number of hydrogen-bond donors (Lipinski definition) is 3. The minimum atomic E-state index is -0.194. The Morgan fingerprint density at radius 1 is 1.50 bits per heavy atom. The summed E-state index contributed by atoms with van der Waals surface area (Å²) in [6, 6.07) is 7.83. The fraction of sp³-hybridized carbons (Fsp3) is 0.500. The summed E-state index contributed by atoms with van der Waals surface area (Å²) in [6.07, 6.45) is 1.45. The van der Waals surface area contributed by atoms with E-state index in [1.54, 1.807) is 0 Å². The summed E-state index contributed by atoms with van der Waals surface area (Å²) >= 11 is 0. The molecule has 0 saturated heterocycles. The van der Waals surface area contributed by atoms with Crippen molar-refractivity contribution in [2.45, 2.75) is 38.4 Å². The first-order chi connectivity index (χ1) is 8.74. The molecule has 4 heteroatoms. The van der Waals surface area contributed by atoms with E-state index >= 15 is 0 Å². The zero-order valence-corrected chi connectivity index (χ0v) is 10.6. The van der Waals surface area contributed by atoms with Crippen LogP contribution in [0.1, 0.15) is 24.5 Å². The number of fused-ring (bicyclic) bond motifs is 1. The Kier molecular flexibility index (Phi) is 4.33. The molecule has 0 saturated carbocycles. The van der Waals surface area contributed by atoms with Crippen LogP contribution in [0.5, 0.6) is 0 Å². The largest absolute Gasteiger partial charge is 0.394 e. The maximum atomic E-state index is 12.1. The maximum Gasteiger partial charge on any atom is 0.237 e. The lowest BCUT2D eigenvalue weighted by molar-refractivity contribution is -0.124. The van der Waals surface area contributed by atoms with E-state index in [9.17, 15) is 4.79 Å². The third-order valence-electron chi connectivity index (χ3n) is 3.46. The second-order valence-corrected chi connectivity index (χ2v) is 4.70. The van der Waals surface area contributed by atoms with Crippen LogP contribution in [-0.4, -0.2) is 29.7 Å². The Morgan fingerprint density at radius 2 is 2.22 bits per heavy atom. The van der Waals surface area contributed by atoms with Crippen LogP contribution >= 0.6 is 0 Å². The van der Waals surface area contributed by atoms with Gasteiger partial charge in [0.05, 0.1) is 18.7 Å². The van der Waals surface area contributed by atoms with E-state index in [4.69, 9.17) is 5.11 Å². The molecule has 0 aromatic heterocycles. The van der Waals surface area contributed by atoms with Crippen LogP contribution in [0, 0.1) is 0 Å². The van der Waals surface area contributed by atoms with Crippen molar-refractivity contribution in [2.24, 2.45) is 0 Å². The topological polar surface area (TPSA) is 61.4 Å². The van der Waals surface area contributed by atoms with Crippen molar-refractivity contribution < 1.29 is 9.90 Å². The molecule has 3 N–H and O–H groups in total. The minimum Gasteiger partial charge on any atom is -0.394 e. The van der Waals surface area contributed by atoms with Gasteiger partial charge in [-0.2, -0.15) is 0 Å². The van der Waals surface area contributed by atoms with E-state index in [2.05, 4.69) is 22.8 Å². The SMILES string of the molecule is CCC(CO)NC(=O)[C@H]1Cc2ccccc2CN1. The quantitative estimate of drug-likeness (QED) is 0.731. The summed E-state index contributed by atoms with van der Waals surface area (Å²) in [7, 11) is 0. The maximum absolute atomic E-state index is 12.1. The lowest BCUT2D eigenvalue weighted by Gasteiger charge is -2.26. The van der Waals surface area contributed by atoms with Crippen molar-refractivity contribution >= 4 is 5.91 Å². The molecule has 2 atom stereocenters. The molecule has 1 heterocycles. The van der Waals surface area contributed by atoms with Gasteiger partial charge in [-0.3, -0.25) is 4.79 Å². The Labute approximate surface area is 107 Å². The number of nitrogens with one attached hydrogen (secondary N) is 2. The Hall–Kier alpha value is -1.39. The molecule has 0 radical (unpaired) electrons. The highest BCUT2D eigenvalue weighted by Crippen LogP contribution is 2.16. The summed E-state index contributed by atoms with van der Waals surface area (Å²) in [5, 5.41) is 15.2. The molecule has 1 aromatic rings. The van der Waals surface area contributed by atoms with E-state index in [0.717, 1.165) is 13.0 Å². The second-order valence-electron chi connectivity index (χ2n) is 4.70. The zero-order chi connectivity index (χ0) is 13.0. The molecule has 1 aromatic carbocycles. The number of rotatable bonds is 4. The summed E-state index contributed by atoms with van der Waals surface area (Å²) in [5.41, 5.74) is 2.49. The van der Waals surface area contributed by atoms with Crippen LogP contribution in [0.15, 0.2) is 24.3 Å². The third kappa shape index (κ3) is 2.89. The monoisotopic (exact) mass is 248 g/mol. The number of carbonyl (C=O) groups excluding carboxylic acids is 1. The first kappa shape index (κ1) is 13.1. The molecule has 4 nitrogen and oxygen atoms in total. The van der Waals surface area contributed by atoms with Crippen molar-refractivity contribution in [3.63, 3.8) is 0 Å². The normalized spacial score (nSPS) is 20.0. The van der Waals surface area contributed by atoms with Gasteiger partial charge < -0.3 is 15.7 Å². The number of aliphatic hydroxyl groups is 1. The molecule has 1 aliphatic heterocycles. The highest BCUT2D eigenvalue weighted by Gasteiger charge is 2.24. The lowest BCUT2D eigenvalue weighted by atomic mass is 9.95. The van der Waals surface area contributed by atoms with E-state index in [1.165, 1.54) is 11.1 Å². The van der Waals surface area contributed by atoms with Crippen molar-refractivity contribution in [1.82, 2.24) is 10.6 Å². The Morgan fingerprint density at radius 3 is 2.89 bits per heavy atom. The fourth-order valence-electron chi connectivity index (χ4n) is 2.22. The summed E-state index contributed by atoms with van der Waals surface area (Å²) in [4.78, 5) is 12.1. The van der Waals surface area contributed by atoms with Crippen molar-refractivity contribution in [1.29, 1.82) is 0 Å². The number of benzene rings is 1. The van der Waals surface area contributed by atoms with Gasteiger partial charge in [0.15, 0.2) is 0 Å². The third-order valence-corrected chi connectivity index (χ3v) is 3.46. The molecule has 1 amide bonds. The second kappa shape index (κ2) is 5.98.